The molecule has 0 unspecified atom stereocenters. The maximum Gasteiger partial charge on any atom is 0.123 e. The average Bonchev–Trinajstić information content (AvgIpc) is 2.72. The van der Waals surface area contributed by atoms with Gasteiger partial charge in [-0.2, -0.15) is 0 Å². The minimum absolute atomic E-state index is 0.165. The molecule has 82 valence electrons. The molecular weight excluding hydrogens is 221 g/mol. The first-order valence-corrected chi connectivity index (χ1v) is 6.23. The van der Waals surface area contributed by atoms with Crippen LogP contribution in [0.5, 0.6) is 0 Å². The van der Waals surface area contributed by atoms with Gasteiger partial charge in [-0.3, -0.25) is 0 Å². The molecule has 0 bridgehead atoms. The summed E-state index contributed by atoms with van der Waals surface area (Å²) in [5, 5.41) is 3.35. The molecule has 1 aromatic carbocycles. The lowest BCUT2D eigenvalue weighted by molar-refractivity contribution is 0.628. The van der Waals surface area contributed by atoms with Gasteiger partial charge < -0.3 is 5.32 Å². The van der Waals surface area contributed by atoms with Gasteiger partial charge in [0, 0.05) is 22.8 Å². The lowest BCUT2D eigenvalue weighted by atomic mass is 10.1. The Morgan fingerprint density at radius 3 is 3.00 bits per heavy atom. The number of fused-ring (bicyclic) bond motifs is 1. The van der Waals surface area contributed by atoms with Crippen LogP contribution in [0.1, 0.15) is 10.4 Å². The molecule has 1 aliphatic rings. The van der Waals surface area contributed by atoms with E-state index < -0.39 is 0 Å². The van der Waals surface area contributed by atoms with Gasteiger partial charge in [-0.25, -0.2) is 4.39 Å². The van der Waals surface area contributed by atoms with Crippen molar-refractivity contribution in [3.05, 3.63) is 46.6 Å². The molecule has 0 saturated carbocycles. The summed E-state index contributed by atoms with van der Waals surface area (Å²) >= 11 is 1.79. The maximum absolute atomic E-state index is 13.1. The molecule has 1 aromatic heterocycles. The standard InChI is InChI=1S/C13H12FNS/c14-11-3-1-2-9(6-11)13-7-10-8-15-5-4-12(10)16-13/h1-3,6-7,15H,4-5,8H2. The van der Waals surface area contributed by atoms with E-state index in [4.69, 9.17) is 0 Å². The van der Waals surface area contributed by atoms with Gasteiger partial charge in [-0.05, 0) is 35.7 Å². The largest absolute Gasteiger partial charge is 0.312 e. The van der Waals surface area contributed by atoms with Crippen LogP contribution >= 0.6 is 11.3 Å². The van der Waals surface area contributed by atoms with Gasteiger partial charge in [0.15, 0.2) is 0 Å². The molecule has 0 radical (unpaired) electrons. The van der Waals surface area contributed by atoms with Crippen molar-refractivity contribution in [1.82, 2.24) is 5.32 Å². The van der Waals surface area contributed by atoms with Crippen molar-refractivity contribution in [3.63, 3.8) is 0 Å². The highest BCUT2D eigenvalue weighted by atomic mass is 32.1. The van der Waals surface area contributed by atoms with Gasteiger partial charge in [0.05, 0.1) is 0 Å². The van der Waals surface area contributed by atoms with Crippen LogP contribution in [0.4, 0.5) is 4.39 Å². The van der Waals surface area contributed by atoms with Crippen molar-refractivity contribution in [2.45, 2.75) is 13.0 Å². The van der Waals surface area contributed by atoms with Crippen LogP contribution in [0.2, 0.25) is 0 Å². The third-order valence-electron chi connectivity index (χ3n) is 2.85. The summed E-state index contributed by atoms with van der Waals surface area (Å²) < 4.78 is 13.1. The second-order valence-electron chi connectivity index (χ2n) is 4.00. The minimum Gasteiger partial charge on any atom is -0.312 e. The molecule has 0 atom stereocenters. The summed E-state index contributed by atoms with van der Waals surface area (Å²) in [6.07, 6.45) is 1.09. The summed E-state index contributed by atoms with van der Waals surface area (Å²) in [7, 11) is 0. The van der Waals surface area contributed by atoms with Crippen molar-refractivity contribution in [1.29, 1.82) is 0 Å². The molecule has 0 amide bonds. The molecule has 0 saturated heterocycles. The van der Waals surface area contributed by atoms with Gasteiger partial charge in [0.25, 0.3) is 0 Å². The Labute approximate surface area is 97.9 Å². The third-order valence-corrected chi connectivity index (χ3v) is 4.14. The summed E-state index contributed by atoms with van der Waals surface area (Å²) in [5.74, 6) is -0.165. The third kappa shape index (κ3) is 1.77. The lowest BCUT2D eigenvalue weighted by Gasteiger charge is -2.10. The molecule has 1 nitrogen and oxygen atoms in total. The van der Waals surface area contributed by atoms with E-state index in [1.54, 1.807) is 23.5 Å². The fourth-order valence-electron chi connectivity index (χ4n) is 2.04. The van der Waals surface area contributed by atoms with Gasteiger partial charge in [0.2, 0.25) is 0 Å². The maximum atomic E-state index is 13.1. The van der Waals surface area contributed by atoms with Crippen LogP contribution < -0.4 is 5.32 Å². The second-order valence-corrected chi connectivity index (χ2v) is 5.13. The summed E-state index contributed by atoms with van der Waals surface area (Å²) in [4.78, 5) is 2.62. The Morgan fingerprint density at radius 2 is 2.19 bits per heavy atom. The van der Waals surface area contributed by atoms with E-state index in [2.05, 4.69) is 11.4 Å². The molecular formula is C13H12FNS. The topological polar surface area (TPSA) is 12.0 Å². The molecule has 1 aliphatic heterocycles. The van der Waals surface area contributed by atoms with Crippen molar-refractivity contribution in [2.24, 2.45) is 0 Å². The molecule has 2 heterocycles. The molecule has 0 aliphatic carbocycles. The number of hydrogen-bond donors (Lipinski definition) is 1. The highest BCUT2D eigenvalue weighted by molar-refractivity contribution is 7.15. The minimum atomic E-state index is -0.165. The van der Waals surface area contributed by atoms with Gasteiger partial charge in [0.1, 0.15) is 5.82 Å². The first-order chi connectivity index (χ1) is 7.83. The molecule has 2 aromatic rings. The molecule has 16 heavy (non-hydrogen) atoms. The molecule has 0 spiro atoms. The number of nitrogens with one attached hydrogen (secondary N) is 1. The molecule has 1 N–H and O–H groups in total. The number of benzene rings is 1. The highest BCUT2D eigenvalue weighted by Crippen LogP contribution is 2.33. The van der Waals surface area contributed by atoms with Crippen LogP contribution in [0.15, 0.2) is 30.3 Å². The van der Waals surface area contributed by atoms with E-state index >= 15 is 0 Å². The smallest absolute Gasteiger partial charge is 0.123 e. The average molecular weight is 233 g/mol. The van der Waals surface area contributed by atoms with E-state index in [0.29, 0.717) is 0 Å². The number of hydrogen-bond acceptors (Lipinski definition) is 2. The quantitative estimate of drug-likeness (QED) is 0.797. The van der Waals surface area contributed by atoms with Gasteiger partial charge in [-0.1, -0.05) is 12.1 Å². The second kappa shape index (κ2) is 4.00. The van der Waals surface area contributed by atoms with Crippen molar-refractivity contribution >= 4 is 11.3 Å². The van der Waals surface area contributed by atoms with Crippen LogP contribution in [0.3, 0.4) is 0 Å². The van der Waals surface area contributed by atoms with E-state index in [0.717, 1.165) is 25.1 Å². The molecule has 3 rings (SSSR count). The zero-order chi connectivity index (χ0) is 11.0. The zero-order valence-corrected chi connectivity index (χ0v) is 9.61. The Morgan fingerprint density at radius 1 is 1.25 bits per heavy atom. The number of thiophene rings is 1. The van der Waals surface area contributed by atoms with Crippen LogP contribution in [0.25, 0.3) is 10.4 Å². The first-order valence-electron chi connectivity index (χ1n) is 5.41. The fourth-order valence-corrected chi connectivity index (χ4v) is 3.21. The Balaban J connectivity index is 2.03. The number of halogens is 1. The monoisotopic (exact) mass is 233 g/mol. The normalized spacial score (nSPS) is 14.8. The highest BCUT2D eigenvalue weighted by Gasteiger charge is 2.13. The van der Waals surface area contributed by atoms with E-state index in [-0.39, 0.29) is 5.82 Å². The Bertz CT molecular complexity index is 495. The Kier molecular flexibility index (Phi) is 2.50. The molecule has 3 heteroatoms. The van der Waals surface area contributed by atoms with E-state index in [1.165, 1.54) is 21.4 Å². The van der Waals surface area contributed by atoms with Crippen LogP contribution in [-0.4, -0.2) is 6.54 Å². The molecule has 0 fully saturated rings. The van der Waals surface area contributed by atoms with Crippen LogP contribution in [-0.2, 0) is 13.0 Å². The van der Waals surface area contributed by atoms with Crippen LogP contribution in [0, 0.1) is 5.82 Å². The van der Waals surface area contributed by atoms with Gasteiger partial charge >= 0.3 is 0 Å². The van der Waals surface area contributed by atoms with Crippen molar-refractivity contribution in [3.8, 4) is 10.4 Å². The Hall–Kier alpha value is -1.19. The summed E-state index contributed by atoms with van der Waals surface area (Å²) in [6.45, 7) is 2.00. The number of rotatable bonds is 1. The van der Waals surface area contributed by atoms with E-state index in [1.807, 2.05) is 6.07 Å². The SMILES string of the molecule is Fc1cccc(-c2cc3c(s2)CCNC3)c1. The van der Waals surface area contributed by atoms with Crippen molar-refractivity contribution in [2.75, 3.05) is 6.54 Å². The van der Waals surface area contributed by atoms with E-state index in [9.17, 15) is 4.39 Å². The summed E-state index contributed by atoms with van der Waals surface area (Å²) in [6, 6.07) is 9.00. The summed E-state index contributed by atoms with van der Waals surface area (Å²) in [5.41, 5.74) is 2.36. The fraction of sp³-hybridized carbons (Fsp3) is 0.231. The lowest BCUT2D eigenvalue weighted by Crippen LogP contribution is -2.21. The predicted octanol–water partition coefficient (Wildman–Crippen LogP) is 3.20. The van der Waals surface area contributed by atoms with Gasteiger partial charge in [-0.15, -0.1) is 11.3 Å². The zero-order valence-electron chi connectivity index (χ0n) is 8.79. The predicted molar refractivity (Wildman–Crippen MR) is 65.1 cm³/mol. The van der Waals surface area contributed by atoms with Crippen molar-refractivity contribution < 1.29 is 4.39 Å². The first kappa shape index (κ1) is 10.00.